The van der Waals surface area contributed by atoms with Gasteiger partial charge in [-0.15, -0.1) is 0 Å². The molecule has 0 N–H and O–H groups in total. The van der Waals surface area contributed by atoms with Crippen molar-refractivity contribution in [3.05, 3.63) is 139 Å². The van der Waals surface area contributed by atoms with Crippen molar-refractivity contribution < 1.29 is 8.78 Å². The normalized spacial score (nSPS) is 13.0. The molecule has 2 nitrogen and oxygen atoms in total. The molecule has 0 aliphatic carbocycles. The van der Waals surface area contributed by atoms with Crippen LogP contribution in [0.1, 0.15) is 0 Å². The van der Waals surface area contributed by atoms with Crippen molar-refractivity contribution in [2.45, 2.75) is 0 Å². The lowest BCUT2D eigenvalue weighted by molar-refractivity contribution is 0.586. The van der Waals surface area contributed by atoms with E-state index in [2.05, 4.69) is 77.4 Å². The number of nitrogens with zero attached hydrogens (tertiary/aromatic N) is 2. The Balaban J connectivity index is 1.45. The zero-order chi connectivity index (χ0) is 27.2. The summed E-state index contributed by atoms with van der Waals surface area (Å²) in [6.45, 7) is -0.105. The second-order valence-corrected chi connectivity index (χ2v) is 10.8. The molecule has 0 bridgehead atoms. The number of rotatable bonds is 2. The first-order valence-electron chi connectivity index (χ1n) is 13.8. The zero-order valence-corrected chi connectivity index (χ0v) is 21.9. The molecule has 9 rings (SSSR count). The number of aromatic nitrogens is 1. The number of anilines is 3. The molecule has 0 unspecified atom stereocenters. The molecular weight excluding hydrogens is 509 g/mol. The summed E-state index contributed by atoms with van der Waals surface area (Å²) in [6.07, 6.45) is 0. The number of hydrogen-bond donors (Lipinski definition) is 0. The number of para-hydroxylation sites is 3. The fourth-order valence-electron chi connectivity index (χ4n) is 7.11. The van der Waals surface area contributed by atoms with Crippen LogP contribution in [0.3, 0.4) is 0 Å². The van der Waals surface area contributed by atoms with E-state index < -0.39 is 11.6 Å². The third-order valence-corrected chi connectivity index (χ3v) is 8.72. The average molecular weight is 530 g/mol. The quantitative estimate of drug-likeness (QED) is 0.212. The van der Waals surface area contributed by atoms with Gasteiger partial charge < -0.3 is 9.47 Å². The number of hydrogen-bond acceptors (Lipinski definition) is 1. The van der Waals surface area contributed by atoms with E-state index in [0.29, 0.717) is 0 Å². The number of benzene rings is 6. The lowest BCUT2D eigenvalue weighted by atomic mass is 9.33. The Morgan fingerprint density at radius 1 is 0.512 bits per heavy atom. The Labute approximate surface area is 235 Å². The van der Waals surface area contributed by atoms with E-state index in [9.17, 15) is 0 Å². The van der Waals surface area contributed by atoms with E-state index in [4.69, 9.17) is 0 Å². The molecule has 0 atom stereocenters. The van der Waals surface area contributed by atoms with Crippen LogP contribution >= 0.6 is 0 Å². The van der Waals surface area contributed by atoms with Crippen molar-refractivity contribution in [3.8, 4) is 16.8 Å². The Morgan fingerprint density at radius 3 is 2.07 bits per heavy atom. The van der Waals surface area contributed by atoms with Gasteiger partial charge in [0.1, 0.15) is 17.3 Å². The van der Waals surface area contributed by atoms with E-state index in [1.807, 2.05) is 36.4 Å². The van der Waals surface area contributed by atoms with Crippen molar-refractivity contribution in [2.24, 2.45) is 0 Å². The topological polar surface area (TPSA) is 8.17 Å². The van der Waals surface area contributed by atoms with Gasteiger partial charge >= 0.3 is 0 Å². The van der Waals surface area contributed by atoms with Crippen LogP contribution in [0.4, 0.5) is 25.8 Å². The van der Waals surface area contributed by atoms with E-state index in [0.717, 1.165) is 44.6 Å². The number of fused-ring (bicyclic) bond motifs is 7. The van der Waals surface area contributed by atoms with Gasteiger partial charge in [-0.3, -0.25) is 0 Å². The summed E-state index contributed by atoms with van der Waals surface area (Å²) < 4.78 is 33.4. The van der Waals surface area contributed by atoms with Crippen LogP contribution in [-0.4, -0.2) is 11.3 Å². The molecule has 0 amide bonds. The summed E-state index contributed by atoms with van der Waals surface area (Å²) in [7, 11) is 0. The lowest BCUT2D eigenvalue weighted by Crippen LogP contribution is -2.60. The van der Waals surface area contributed by atoms with Crippen LogP contribution in [0.25, 0.3) is 38.6 Å². The molecule has 2 aliphatic rings. The minimum atomic E-state index is -0.593. The van der Waals surface area contributed by atoms with Crippen LogP contribution in [-0.2, 0) is 0 Å². The number of halogens is 2. The van der Waals surface area contributed by atoms with Gasteiger partial charge in [-0.05, 0) is 63.9 Å². The molecule has 0 fully saturated rings. The van der Waals surface area contributed by atoms with Gasteiger partial charge in [0.2, 0.25) is 0 Å². The van der Waals surface area contributed by atoms with Crippen LogP contribution in [0, 0.1) is 11.6 Å². The molecule has 5 heteroatoms. The SMILES string of the molecule is Fc1cccc(F)c1N1c2ccc(-c3ccccc3)cc2B2c3c1cccc3-n1c3ccccc3c3cccc2c31. The molecule has 1 aromatic heterocycles. The molecule has 7 aromatic rings. The molecule has 192 valence electrons. The van der Waals surface area contributed by atoms with Crippen molar-refractivity contribution in [1.29, 1.82) is 0 Å². The maximum Gasteiger partial charge on any atom is 0.252 e. The van der Waals surface area contributed by atoms with Gasteiger partial charge in [-0.2, -0.15) is 0 Å². The average Bonchev–Trinajstić information content (AvgIpc) is 3.35. The highest BCUT2D eigenvalue weighted by Crippen LogP contribution is 2.43. The fourth-order valence-corrected chi connectivity index (χ4v) is 7.11. The molecule has 0 saturated carbocycles. The summed E-state index contributed by atoms with van der Waals surface area (Å²) in [6, 6.07) is 41.7. The van der Waals surface area contributed by atoms with Gasteiger partial charge in [-0.25, -0.2) is 8.78 Å². The molecule has 0 saturated heterocycles. The Morgan fingerprint density at radius 2 is 1.22 bits per heavy atom. The maximum absolute atomic E-state index is 15.6. The molecule has 3 heterocycles. The zero-order valence-electron chi connectivity index (χ0n) is 21.9. The summed E-state index contributed by atoms with van der Waals surface area (Å²) in [5, 5.41) is 2.40. The summed E-state index contributed by atoms with van der Waals surface area (Å²) in [5.41, 5.74) is 10.3. The molecule has 2 aliphatic heterocycles. The van der Waals surface area contributed by atoms with Crippen LogP contribution < -0.4 is 21.3 Å². The Hall–Kier alpha value is -5.16. The monoisotopic (exact) mass is 530 g/mol. The highest BCUT2D eigenvalue weighted by Gasteiger charge is 2.42. The lowest BCUT2D eigenvalue weighted by Gasteiger charge is -2.40. The summed E-state index contributed by atoms with van der Waals surface area (Å²) in [5.74, 6) is -1.19. The largest absolute Gasteiger partial charge is 0.310 e. The highest BCUT2D eigenvalue weighted by atomic mass is 19.1. The minimum absolute atomic E-state index is 0.0607. The molecule has 0 spiro atoms. The molecular formula is C36H21BF2N2. The van der Waals surface area contributed by atoms with E-state index >= 15 is 8.78 Å². The molecule has 0 radical (unpaired) electrons. The molecule has 6 aromatic carbocycles. The van der Waals surface area contributed by atoms with E-state index in [1.165, 1.54) is 40.0 Å². The molecule has 41 heavy (non-hydrogen) atoms. The maximum atomic E-state index is 15.6. The van der Waals surface area contributed by atoms with Crippen LogP contribution in [0.15, 0.2) is 127 Å². The van der Waals surface area contributed by atoms with Crippen molar-refractivity contribution >= 4 is 62.0 Å². The second-order valence-electron chi connectivity index (χ2n) is 10.8. The first-order chi connectivity index (χ1) is 20.2. The second kappa shape index (κ2) is 8.18. The Kier molecular flexibility index (Phi) is 4.52. The van der Waals surface area contributed by atoms with Crippen molar-refractivity contribution in [3.63, 3.8) is 0 Å². The van der Waals surface area contributed by atoms with E-state index in [-0.39, 0.29) is 12.4 Å². The van der Waals surface area contributed by atoms with Gasteiger partial charge in [-0.1, -0.05) is 91.0 Å². The summed E-state index contributed by atoms with van der Waals surface area (Å²) in [4.78, 5) is 1.78. The van der Waals surface area contributed by atoms with Gasteiger partial charge in [0.05, 0.1) is 5.52 Å². The first kappa shape index (κ1) is 22.6. The van der Waals surface area contributed by atoms with Crippen molar-refractivity contribution in [1.82, 2.24) is 4.57 Å². The predicted molar refractivity (Wildman–Crippen MR) is 165 cm³/mol. The van der Waals surface area contributed by atoms with Crippen molar-refractivity contribution in [2.75, 3.05) is 4.90 Å². The Bertz CT molecular complexity index is 2180. The van der Waals surface area contributed by atoms with Crippen LogP contribution in [0.5, 0.6) is 0 Å². The van der Waals surface area contributed by atoms with Gasteiger partial charge in [0.15, 0.2) is 0 Å². The summed E-state index contributed by atoms with van der Waals surface area (Å²) >= 11 is 0. The predicted octanol–water partition coefficient (Wildman–Crippen LogP) is 7.34. The van der Waals surface area contributed by atoms with Gasteiger partial charge in [0, 0.05) is 33.4 Å². The van der Waals surface area contributed by atoms with Gasteiger partial charge in [0.25, 0.3) is 6.71 Å². The minimum Gasteiger partial charge on any atom is -0.310 e. The smallest absolute Gasteiger partial charge is 0.252 e. The third kappa shape index (κ3) is 2.95. The highest BCUT2D eigenvalue weighted by molar-refractivity contribution is 7.00. The van der Waals surface area contributed by atoms with Crippen LogP contribution in [0.2, 0.25) is 0 Å². The first-order valence-corrected chi connectivity index (χ1v) is 13.8. The van der Waals surface area contributed by atoms with E-state index in [1.54, 1.807) is 4.90 Å². The third-order valence-electron chi connectivity index (χ3n) is 8.72. The fraction of sp³-hybridized carbons (Fsp3) is 0. The standard InChI is InChI=1S/C36H21BF2N2/c38-28-14-7-15-29(39)36(28)41-31-20-19-23(22-9-2-1-3-10-22)21-27(31)37-26-13-6-12-25-24-11-4-5-16-30(24)40(35(25)26)32-17-8-18-33(41)34(32)37/h1-21H.